The summed E-state index contributed by atoms with van der Waals surface area (Å²) in [6.45, 7) is 9.30. The minimum atomic E-state index is 0.0460. The highest BCUT2D eigenvalue weighted by atomic mass is 16.3. The highest BCUT2D eigenvalue weighted by Crippen LogP contribution is 2.02. The first-order valence-corrected chi connectivity index (χ1v) is 6.34. The summed E-state index contributed by atoms with van der Waals surface area (Å²) in [4.78, 5) is 2.40. The Kier molecular flexibility index (Phi) is 6.69. The summed E-state index contributed by atoms with van der Waals surface area (Å²) in [5.74, 6) is 0. The molecule has 0 atom stereocenters. The molecule has 0 aromatic heterocycles. The number of aliphatic hydroxyl groups excluding tert-OH is 1. The van der Waals surface area contributed by atoms with Gasteiger partial charge in [-0.25, -0.2) is 0 Å². The standard InChI is InChI=1S/C10H18N4O.C2H6/c15-8-10-2-1-9(12-13-10)7-14-5-3-11-4-6-14;1-2/h1-2,11-13,15H,3-8H2;1-2H3. The summed E-state index contributed by atoms with van der Waals surface area (Å²) in [6.07, 6.45) is 3.93. The molecule has 2 rings (SSSR count). The minimum absolute atomic E-state index is 0.0460. The highest BCUT2D eigenvalue weighted by Gasteiger charge is 2.12. The lowest BCUT2D eigenvalue weighted by Gasteiger charge is -2.29. The summed E-state index contributed by atoms with van der Waals surface area (Å²) < 4.78 is 0. The largest absolute Gasteiger partial charge is 0.390 e. The van der Waals surface area contributed by atoms with Crippen LogP contribution in [0.5, 0.6) is 0 Å². The Morgan fingerprint density at radius 3 is 2.24 bits per heavy atom. The van der Waals surface area contributed by atoms with E-state index in [1.54, 1.807) is 0 Å². The van der Waals surface area contributed by atoms with Crippen molar-refractivity contribution in [1.29, 1.82) is 0 Å². The molecule has 5 nitrogen and oxygen atoms in total. The normalized spacial score (nSPS) is 20.2. The molecule has 0 unspecified atom stereocenters. The third-order valence-electron chi connectivity index (χ3n) is 2.64. The minimum Gasteiger partial charge on any atom is -0.390 e. The van der Waals surface area contributed by atoms with Gasteiger partial charge in [-0.15, -0.1) is 0 Å². The van der Waals surface area contributed by atoms with Crippen molar-refractivity contribution in [2.75, 3.05) is 39.3 Å². The van der Waals surface area contributed by atoms with Gasteiger partial charge in [0.15, 0.2) is 0 Å². The van der Waals surface area contributed by atoms with Gasteiger partial charge in [-0.05, 0) is 12.2 Å². The first kappa shape index (κ1) is 14.0. The SMILES string of the molecule is CC.OCC1=CC=C(CN2CCNCC2)NN1. The molecule has 0 aliphatic carbocycles. The van der Waals surface area contributed by atoms with E-state index in [9.17, 15) is 0 Å². The van der Waals surface area contributed by atoms with E-state index in [2.05, 4.69) is 21.1 Å². The summed E-state index contributed by atoms with van der Waals surface area (Å²) in [5.41, 5.74) is 8.00. The number of rotatable bonds is 3. The quantitative estimate of drug-likeness (QED) is 0.550. The predicted octanol–water partition coefficient (Wildman–Crippen LogP) is -0.214. The van der Waals surface area contributed by atoms with Crippen LogP contribution in [0.15, 0.2) is 23.5 Å². The Balaban J connectivity index is 0.000000686. The van der Waals surface area contributed by atoms with E-state index in [4.69, 9.17) is 5.11 Å². The van der Waals surface area contributed by atoms with E-state index in [-0.39, 0.29) is 6.61 Å². The molecule has 0 amide bonds. The monoisotopic (exact) mass is 240 g/mol. The van der Waals surface area contributed by atoms with Crippen LogP contribution in [0.3, 0.4) is 0 Å². The predicted molar refractivity (Wildman–Crippen MR) is 70.2 cm³/mol. The second-order valence-electron chi connectivity index (χ2n) is 3.82. The number of hydrogen-bond donors (Lipinski definition) is 4. The average molecular weight is 240 g/mol. The molecule has 0 aromatic carbocycles. The maximum atomic E-state index is 8.88. The van der Waals surface area contributed by atoms with Gasteiger partial charge in [-0.2, -0.15) is 0 Å². The second kappa shape index (κ2) is 8.11. The van der Waals surface area contributed by atoms with Gasteiger partial charge in [0.2, 0.25) is 0 Å². The van der Waals surface area contributed by atoms with Crippen molar-refractivity contribution in [1.82, 2.24) is 21.1 Å². The summed E-state index contributed by atoms with van der Waals surface area (Å²) in [6, 6.07) is 0. The molecule has 5 heteroatoms. The number of aliphatic hydroxyl groups is 1. The van der Waals surface area contributed by atoms with E-state index in [0.717, 1.165) is 44.1 Å². The van der Waals surface area contributed by atoms with E-state index >= 15 is 0 Å². The van der Waals surface area contributed by atoms with Crippen LogP contribution >= 0.6 is 0 Å². The lowest BCUT2D eigenvalue weighted by Crippen LogP contribution is -2.46. The third-order valence-corrected chi connectivity index (χ3v) is 2.64. The number of allylic oxidation sites excluding steroid dienone is 2. The van der Waals surface area contributed by atoms with Crippen LogP contribution in [0.2, 0.25) is 0 Å². The molecule has 0 bridgehead atoms. The lowest BCUT2D eigenvalue weighted by molar-refractivity contribution is 0.252. The molecule has 0 radical (unpaired) electrons. The van der Waals surface area contributed by atoms with Crippen LogP contribution in [-0.2, 0) is 0 Å². The molecule has 2 aliphatic heterocycles. The number of hydrogen-bond acceptors (Lipinski definition) is 5. The molecule has 4 N–H and O–H groups in total. The van der Waals surface area contributed by atoms with Crippen molar-refractivity contribution < 1.29 is 5.11 Å². The Morgan fingerprint density at radius 2 is 1.71 bits per heavy atom. The smallest absolute Gasteiger partial charge is 0.0845 e. The average Bonchev–Trinajstić information content (AvgIpc) is 2.43. The van der Waals surface area contributed by atoms with Gasteiger partial charge >= 0.3 is 0 Å². The summed E-state index contributed by atoms with van der Waals surface area (Å²) >= 11 is 0. The zero-order valence-electron chi connectivity index (χ0n) is 10.8. The molecule has 1 fully saturated rings. The van der Waals surface area contributed by atoms with Crippen LogP contribution in [0.25, 0.3) is 0 Å². The lowest BCUT2D eigenvalue weighted by atomic mass is 10.2. The molecule has 2 heterocycles. The van der Waals surface area contributed by atoms with E-state index < -0.39 is 0 Å². The number of nitrogens with zero attached hydrogens (tertiary/aromatic N) is 1. The Morgan fingerprint density at radius 1 is 1.12 bits per heavy atom. The van der Waals surface area contributed by atoms with Crippen LogP contribution < -0.4 is 16.2 Å². The van der Waals surface area contributed by atoms with Gasteiger partial charge in [0.05, 0.1) is 12.3 Å². The summed E-state index contributed by atoms with van der Waals surface area (Å²) in [5, 5.41) is 12.2. The van der Waals surface area contributed by atoms with Crippen molar-refractivity contribution in [2.45, 2.75) is 13.8 Å². The molecule has 1 saturated heterocycles. The Hall–Kier alpha value is -1.04. The Bertz CT molecular complexity index is 270. The van der Waals surface area contributed by atoms with Gasteiger partial charge in [0, 0.05) is 38.4 Å². The Labute approximate surface area is 104 Å². The topological polar surface area (TPSA) is 59.6 Å². The number of piperazine rings is 1. The van der Waals surface area contributed by atoms with Crippen LogP contribution in [0.4, 0.5) is 0 Å². The molecule has 0 spiro atoms. The van der Waals surface area contributed by atoms with Crippen LogP contribution in [0.1, 0.15) is 13.8 Å². The van der Waals surface area contributed by atoms with Gasteiger partial charge in [0.25, 0.3) is 0 Å². The third kappa shape index (κ3) is 4.77. The molecular weight excluding hydrogens is 216 g/mol. The van der Waals surface area contributed by atoms with E-state index in [1.165, 1.54) is 0 Å². The zero-order chi connectivity index (χ0) is 12.5. The molecule has 98 valence electrons. The van der Waals surface area contributed by atoms with Crippen molar-refractivity contribution >= 4 is 0 Å². The molecule has 2 aliphatic rings. The van der Waals surface area contributed by atoms with Crippen molar-refractivity contribution in [3.8, 4) is 0 Å². The first-order chi connectivity index (χ1) is 8.38. The zero-order valence-corrected chi connectivity index (χ0v) is 10.8. The van der Waals surface area contributed by atoms with Crippen LogP contribution in [0, 0.1) is 0 Å². The number of hydrazine groups is 1. The van der Waals surface area contributed by atoms with Gasteiger partial charge < -0.3 is 21.3 Å². The van der Waals surface area contributed by atoms with Gasteiger partial charge in [-0.1, -0.05) is 13.8 Å². The van der Waals surface area contributed by atoms with Crippen LogP contribution in [-0.4, -0.2) is 49.3 Å². The molecular formula is C12H24N4O. The van der Waals surface area contributed by atoms with E-state index in [0.29, 0.717) is 0 Å². The number of nitrogens with one attached hydrogen (secondary N) is 3. The maximum Gasteiger partial charge on any atom is 0.0845 e. The maximum absolute atomic E-state index is 8.88. The first-order valence-electron chi connectivity index (χ1n) is 6.34. The highest BCUT2D eigenvalue weighted by molar-refractivity contribution is 5.21. The fraction of sp³-hybridized carbons (Fsp3) is 0.667. The fourth-order valence-electron chi connectivity index (χ4n) is 1.74. The van der Waals surface area contributed by atoms with Gasteiger partial charge in [-0.3, -0.25) is 4.90 Å². The summed E-state index contributed by atoms with van der Waals surface area (Å²) in [7, 11) is 0. The van der Waals surface area contributed by atoms with Gasteiger partial charge in [0.1, 0.15) is 0 Å². The second-order valence-corrected chi connectivity index (χ2v) is 3.82. The van der Waals surface area contributed by atoms with Crippen molar-refractivity contribution in [3.05, 3.63) is 23.5 Å². The molecule has 0 aromatic rings. The van der Waals surface area contributed by atoms with Crippen molar-refractivity contribution in [3.63, 3.8) is 0 Å². The molecule has 17 heavy (non-hydrogen) atoms. The fourth-order valence-corrected chi connectivity index (χ4v) is 1.74. The molecule has 0 saturated carbocycles. The van der Waals surface area contributed by atoms with E-state index in [1.807, 2.05) is 26.0 Å². The van der Waals surface area contributed by atoms with Crippen molar-refractivity contribution in [2.24, 2.45) is 0 Å².